The van der Waals surface area contributed by atoms with Crippen molar-refractivity contribution in [3.63, 3.8) is 0 Å². The minimum absolute atomic E-state index is 0.0213. The van der Waals surface area contributed by atoms with E-state index in [0.29, 0.717) is 25.9 Å². The molecule has 1 N–H and O–H groups in total. The summed E-state index contributed by atoms with van der Waals surface area (Å²) in [6, 6.07) is -0.272. The maximum atomic E-state index is 12.2. The predicted molar refractivity (Wildman–Crippen MR) is 74.5 cm³/mol. The SMILES string of the molecule is CCN1C(=O)CCC1C(=O)NCC1=C(C)CCC=C1. The lowest BCUT2D eigenvalue weighted by Gasteiger charge is -2.23. The lowest BCUT2D eigenvalue weighted by molar-refractivity contribution is -0.134. The van der Waals surface area contributed by atoms with Gasteiger partial charge in [0.05, 0.1) is 0 Å². The van der Waals surface area contributed by atoms with Crippen molar-refractivity contribution < 1.29 is 9.59 Å². The van der Waals surface area contributed by atoms with Gasteiger partial charge in [-0.1, -0.05) is 17.7 Å². The molecule has 2 rings (SSSR count). The molecule has 1 atom stereocenters. The minimum atomic E-state index is -0.272. The molecular weight excluding hydrogens is 240 g/mol. The summed E-state index contributed by atoms with van der Waals surface area (Å²) >= 11 is 0. The van der Waals surface area contributed by atoms with Crippen molar-refractivity contribution in [2.24, 2.45) is 0 Å². The fourth-order valence-corrected chi connectivity index (χ4v) is 2.74. The Morgan fingerprint density at radius 3 is 2.95 bits per heavy atom. The van der Waals surface area contributed by atoms with Gasteiger partial charge in [0.15, 0.2) is 0 Å². The number of rotatable bonds is 4. The van der Waals surface area contributed by atoms with E-state index in [-0.39, 0.29) is 17.9 Å². The molecule has 0 aromatic heterocycles. The molecule has 0 spiro atoms. The molecule has 104 valence electrons. The third-order valence-electron chi connectivity index (χ3n) is 3.98. The zero-order valence-corrected chi connectivity index (χ0v) is 11.7. The maximum absolute atomic E-state index is 12.2. The smallest absolute Gasteiger partial charge is 0.243 e. The molecule has 1 aliphatic carbocycles. The highest BCUT2D eigenvalue weighted by molar-refractivity contribution is 5.91. The van der Waals surface area contributed by atoms with Crippen LogP contribution >= 0.6 is 0 Å². The van der Waals surface area contributed by atoms with E-state index in [1.165, 1.54) is 11.1 Å². The van der Waals surface area contributed by atoms with Crippen LogP contribution in [0.1, 0.15) is 39.5 Å². The van der Waals surface area contributed by atoms with Crippen LogP contribution in [-0.4, -0.2) is 35.8 Å². The van der Waals surface area contributed by atoms with Crippen molar-refractivity contribution >= 4 is 11.8 Å². The molecule has 4 heteroatoms. The number of nitrogens with zero attached hydrogens (tertiary/aromatic N) is 1. The summed E-state index contributed by atoms with van der Waals surface area (Å²) in [6.45, 7) is 5.21. The highest BCUT2D eigenvalue weighted by atomic mass is 16.2. The fourth-order valence-electron chi connectivity index (χ4n) is 2.74. The Morgan fingerprint density at radius 1 is 1.47 bits per heavy atom. The fraction of sp³-hybridized carbons (Fsp3) is 0.600. The van der Waals surface area contributed by atoms with Crippen molar-refractivity contribution in [1.29, 1.82) is 0 Å². The van der Waals surface area contributed by atoms with E-state index < -0.39 is 0 Å². The van der Waals surface area contributed by atoms with E-state index in [9.17, 15) is 9.59 Å². The summed E-state index contributed by atoms with van der Waals surface area (Å²) in [5.41, 5.74) is 2.55. The highest BCUT2D eigenvalue weighted by Gasteiger charge is 2.34. The Balaban J connectivity index is 1.91. The van der Waals surface area contributed by atoms with Crippen molar-refractivity contribution in [3.8, 4) is 0 Å². The first-order valence-corrected chi connectivity index (χ1v) is 7.05. The third-order valence-corrected chi connectivity index (χ3v) is 3.98. The van der Waals surface area contributed by atoms with Crippen LogP contribution in [0.25, 0.3) is 0 Å². The van der Waals surface area contributed by atoms with Crippen LogP contribution in [-0.2, 0) is 9.59 Å². The summed E-state index contributed by atoms with van der Waals surface area (Å²) in [7, 11) is 0. The van der Waals surface area contributed by atoms with Crippen molar-refractivity contribution in [2.75, 3.05) is 13.1 Å². The van der Waals surface area contributed by atoms with Gasteiger partial charge in [0.25, 0.3) is 0 Å². The van der Waals surface area contributed by atoms with Gasteiger partial charge in [-0.25, -0.2) is 0 Å². The van der Waals surface area contributed by atoms with E-state index in [2.05, 4.69) is 24.4 Å². The van der Waals surface area contributed by atoms with Crippen molar-refractivity contribution in [2.45, 2.75) is 45.6 Å². The Labute approximate surface area is 114 Å². The normalized spacial score (nSPS) is 23.2. The van der Waals surface area contributed by atoms with Gasteiger partial charge in [-0.3, -0.25) is 9.59 Å². The maximum Gasteiger partial charge on any atom is 0.243 e. The van der Waals surface area contributed by atoms with Gasteiger partial charge in [-0.2, -0.15) is 0 Å². The number of likely N-dealkylation sites (tertiary alicyclic amines) is 1. The van der Waals surface area contributed by atoms with Crippen LogP contribution in [0.15, 0.2) is 23.3 Å². The van der Waals surface area contributed by atoms with E-state index >= 15 is 0 Å². The lowest BCUT2D eigenvalue weighted by Crippen LogP contribution is -2.45. The quantitative estimate of drug-likeness (QED) is 0.839. The molecule has 2 aliphatic rings. The molecule has 0 aromatic carbocycles. The molecule has 1 heterocycles. The number of carbonyl (C=O) groups is 2. The summed E-state index contributed by atoms with van der Waals surface area (Å²) in [6.07, 6.45) is 7.54. The Kier molecular flexibility index (Phi) is 4.40. The summed E-state index contributed by atoms with van der Waals surface area (Å²) in [4.78, 5) is 25.4. The Hall–Kier alpha value is -1.58. The number of nitrogens with one attached hydrogen (secondary N) is 1. The molecule has 0 saturated carbocycles. The first-order valence-electron chi connectivity index (χ1n) is 7.05. The van der Waals surface area contributed by atoms with Crippen molar-refractivity contribution in [1.82, 2.24) is 10.2 Å². The van der Waals surface area contributed by atoms with E-state index in [4.69, 9.17) is 0 Å². The zero-order valence-electron chi connectivity index (χ0n) is 11.7. The molecule has 1 saturated heterocycles. The summed E-state index contributed by atoms with van der Waals surface area (Å²) in [5.74, 6) is 0.0718. The summed E-state index contributed by atoms with van der Waals surface area (Å²) < 4.78 is 0. The number of hydrogen-bond acceptors (Lipinski definition) is 2. The van der Waals surface area contributed by atoms with Crippen LogP contribution < -0.4 is 5.32 Å². The van der Waals surface area contributed by atoms with E-state index in [0.717, 1.165) is 12.8 Å². The Morgan fingerprint density at radius 2 is 2.26 bits per heavy atom. The molecule has 4 nitrogen and oxygen atoms in total. The van der Waals surface area contributed by atoms with Crippen LogP contribution in [0.3, 0.4) is 0 Å². The number of likely N-dealkylation sites (N-methyl/N-ethyl adjacent to an activating group) is 1. The summed E-state index contributed by atoms with van der Waals surface area (Å²) in [5, 5.41) is 2.97. The molecular formula is C15H22N2O2. The molecule has 1 unspecified atom stereocenters. The van der Waals surface area contributed by atoms with Gasteiger partial charge in [-0.05, 0) is 38.7 Å². The average Bonchev–Trinajstić information content (AvgIpc) is 2.78. The van der Waals surface area contributed by atoms with Gasteiger partial charge in [0, 0.05) is 19.5 Å². The standard InChI is InChI=1S/C15H22N2O2/c1-3-17-13(8-9-14(17)18)15(19)16-10-12-7-5-4-6-11(12)2/h5,7,13H,3-4,6,8-10H2,1-2H3,(H,16,19). The number of carbonyl (C=O) groups excluding carboxylic acids is 2. The van der Waals surface area contributed by atoms with Crippen LogP contribution in [0.5, 0.6) is 0 Å². The first kappa shape index (κ1) is 13.8. The highest BCUT2D eigenvalue weighted by Crippen LogP contribution is 2.20. The van der Waals surface area contributed by atoms with Crippen LogP contribution in [0.2, 0.25) is 0 Å². The van der Waals surface area contributed by atoms with Gasteiger partial charge in [-0.15, -0.1) is 0 Å². The molecule has 2 amide bonds. The van der Waals surface area contributed by atoms with Gasteiger partial charge < -0.3 is 10.2 Å². The average molecular weight is 262 g/mol. The zero-order chi connectivity index (χ0) is 13.8. The second-order valence-corrected chi connectivity index (χ2v) is 5.20. The first-order chi connectivity index (χ1) is 9.13. The molecule has 0 aromatic rings. The topological polar surface area (TPSA) is 49.4 Å². The largest absolute Gasteiger partial charge is 0.350 e. The monoisotopic (exact) mass is 262 g/mol. The number of amides is 2. The van der Waals surface area contributed by atoms with Crippen LogP contribution in [0, 0.1) is 0 Å². The van der Waals surface area contributed by atoms with Gasteiger partial charge >= 0.3 is 0 Å². The molecule has 0 bridgehead atoms. The second kappa shape index (κ2) is 6.04. The van der Waals surface area contributed by atoms with Crippen LogP contribution in [0.4, 0.5) is 0 Å². The van der Waals surface area contributed by atoms with Gasteiger partial charge in [0.1, 0.15) is 6.04 Å². The van der Waals surface area contributed by atoms with Gasteiger partial charge in [0.2, 0.25) is 11.8 Å². The second-order valence-electron chi connectivity index (χ2n) is 5.20. The molecule has 0 radical (unpaired) electrons. The van der Waals surface area contributed by atoms with E-state index in [1.807, 2.05) is 6.92 Å². The molecule has 1 fully saturated rings. The number of hydrogen-bond donors (Lipinski definition) is 1. The predicted octanol–water partition coefficient (Wildman–Crippen LogP) is 1.78. The molecule has 1 aliphatic heterocycles. The Bertz CT molecular complexity index is 437. The molecule has 19 heavy (non-hydrogen) atoms. The lowest BCUT2D eigenvalue weighted by atomic mass is 9.99. The minimum Gasteiger partial charge on any atom is -0.350 e. The number of allylic oxidation sites excluding steroid dienone is 2. The third kappa shape index (κ3) is 3.06. The van der Waals surface area contributed by atoms with E-state index in [1.54, 1.807) is 4.90 Å². The van der Waals surface area contributed by atoms with Crippen molar-refractivity contribution in [3.05, 3.63) is 23.3 Å².